The fraction of sp³-hybridized carbons (Fsp3) is 0.484. The number of hydrogen-bond donors (Lipinski definition) is 2. The van der Waals surface area contributed by atoms with E-state index in [-0.39, 0.29) is 31.1 Å². The average Bonchev–Trinajstić information content (AvgIpc) is 2.94. The zero-order valence-corrected chi connectivity index (χ0v) is 23.7. The molecule has 0 amide bonds. The molecule has 7 nitrogen and oxygen atoms in total. The second-order valence-electron chi connectivity index (χ2n) is 10.7. The number of carbonyl (C=O) groups excluding carboxylic acids is 2. The molecule has 1 aliphatic rings. The zero-order valence-electron chi connectivity index (χ0n) is 23.7. The van der Waals surface area contributed by atoms with Crippen LogP contribution in [-0.4, -0.2) is 43.9 Å². The number of hydrogen-bond acceptors (Lipinski definition) is 7. The third kappa shape index (κ3) is 11.4. The minimum atomic E-state index is -5.49. The summed E-state index contributed by atoms with van der Waals surface area (Å²) in [6, 6.07) is 11.6. The molecule has 0 heterocycles. The summed E-state index contributed by atoms with van der Waals surface area (Å²) in [7, 11) is 0. The second-order valence-corrected chi connectivity index (χ2v) is 10.7. The van der Waals surface area contributed by atoms with Gasteiger partial charge in [0.2, 0.25) is 0 Å². The molecule has 12 heteroatoms. The Bertz CT molecular complexity index is 1210. The lowest BCUT2D eigenvalue weighted by atomic mass is 9.80. The Morgan fingerprint density at radius 1 is 0.837 bits per heavy atom. The molecule has 3 rings (SSSR count). The van der Waals surface area contributed by atoms with E-state index in [4.69, 9.17) is 25.7 Å². The van der Waals surface area contributed by atoms with Crippen LogP contribution in [0.15, 0.2) is 48.5 Å². The van der Waals surface area contributed by atoms with Gasteiger partial charge in [-0.15, -0.1) is 0 Å². The summed E-state index contributed by atoms with van der Waals surface area (Å²) in [6.07, 6.45) is 0.0405. The molecule has 4 N–H and O–H groups in total. The molecule has 1 aliphatic carbocycles. The number of carbonyl (C=O) groups is 2. The first-order valence-electron chi connectivity index (χ1n) is 14.2. The molecule has 0 atom stereocenters. The Labute approximate surface area is 247 Å². The number of anilines is 2. The Hall–Kier alpha value is -3.83. The van der Waals surface area contributed by atoms with Crippen LogP contribution < -0.4 is 16.2 Å². The number of rotatable bonds is 14. The molecule has 0 spiro atoms. The molecular formula is C31H37F5N2O5. The maximum absolute atomic E-state index is 13.1. The first-order valence-corrected chi connectivity index (χ1v) is 14.2. The highest BCUT2D eigenvalue weighted by molar-refractivity contribution is 5.91. The summed E-state index contributed by atoms with van der Waals surface area (Å²) in [5, 5.41) is 0. The third-order valence-corrected chi connectivity index (χ3v) is 7.24. The van der Waals surface area contributed by atoms with E-state index in [0.717, 1.165) is 31.2 Å². The Balaban J connectivity index is 1.27. The van der Waals surface area contributed by atoms with Crippen LogP contribution in [0.2, 0.25) is 0 Å². The van der Waals surface area contributed by atoms with Gasteiger partial charge < -0.3 is 25.7 Å². The second kappa shape index (κ2) is 15.6. The van der Waals surface area contributed by atoms with E-state index in [0.29, 0.717) is 42.5 Å². The molecule has 0 aromatic heterocycles. The lowest BCUT2D eigenvalue weighted by Crippen LogP contribution is -2.36. The van der Waals surface area contributed by atoms with E-state index in [1.807, 2.05) is 0 Å². The van der Waals surface area contributed by atoms with E-state index in [2.05, 4.69) is 0 Å². The molecule has 43 heavy (non-hydrogen) atoms. The number of nitrogens with two attached hydrogens (primary N) is 2. The summed E-state index contributed by atoms with van der Waals surface area (Å²) in [6.45, 7) is 0.613. The fourth-order valence-electron chi connectivity index (χ4n) is 4.82. The van der Waals surface area contributed by atoms with Crippen molar-refractivity contribution >= 4 is 29.4 Å². The number of ether oxygens (including phenoxy) is 3. The van der Waals surface area contributed by atoms with Crippen molar-refractivity contribution in [3.63, 3.8) is 0 Å². The molecule has 1 saturated carbocycles. The predicted molar refractivity (Wildman–Crippen MR) is 152 cm³/mol. The predicted octanol–water partition coefficient (Wildman–Crippen LogP) is 7.21. The summed E-state index contributed by atoms with van der Waals surface area (Å²) in [5.41, 5.74) is 13.0. The van der Waals surface area contributed by atoms with Crippen LogP contribution in [0.3, 0.4) is 0 Å². The number of alkyl halides is 5. The van der Waals surface area contributed by atoms with Gasteiger partial charge in [0.15, 0.2) is 0 Å². The quantitative estimate of drug-likeness (QED) is 0.0762. The van der Waals surface area contributed by atoms with Gasteiger partial charge in [-0.25, -0.2) is 9.59 Å². The minimum absolute atomic E-state index is 0.0558. The standard InChI is InChI=1S/C31H37F5N2O5/c32-30(33,31(34,35)36)14-1-3-21-4-6-23(7-5-21)20-43-27-11-8-22(9-12-27)10-13-28(39)41-15-2-16-42-29(40)24-17-25(37)19-26(38)18-24/h8-13,17-19,21,23H,1-7,14-16,20,37-38H2/b13-10+. The van der Waals surface area contributed by atoms with Crippen molar-refractivity contribution in [3.8, 4) is 5.75 Å². The maximum atomic E-state index is 13.1. The average molecular weight is 613 g/mol. The summed E-state index contributed by atoms with van der Waals surface area (Å²) in [4.78, 5) is 24.0. The van der Waals surface area contributed by atoms with E-state index in [1.54, 1.807) is 30.3 Å². The summed E-state index contributed by atoms with van der Waals surface area (Å²) >= 11 is 0. The molecular weight excluding hydrogens is 575 g/mol. The zero-order chi connectivity index (χ0) is 31.5. The number of nitrogen functional groups attached to an aromatic ring is 2. The van der Waals surface area contributed by atoms with Gasteiger partial charge in [0.1, 0.15) is 5.75 Å². The Morgan fingerprint density at radius 2 is 1.44 bits per heavy atom. The van der Waals surface area contributed by atoms with Crippen molar-refractivity contribution < 1.29 is 45.8 Å². The van der Waals surface area contributed by atoms with Crippen molar-refractivity contribution in [1.29, 1.82) is 0 Å². The summed E-state index contributed by atoms with van der Waals surface area (Å²) in [5.74, 6) is -4.62. The topological polar surface area (TPSA) is 114 Å². The molecule has 2 aromatic rings. The highest BCUT2D eigenvalue weighted by atomic mass is 19.4. The van der Waals surface area contributed by atoms with Gasteiger partial charge in [-0.3, -0.25) is 0 Å². The normalized spacial score (nSPS) is 17.5. The van der Waals surface area contributed by atoms with Crippen molar-refractivity contribution in [3.05, 3.63) is 59.7 Å². The lowest BCUT2D eigenvalue weighted by molar-refractivity contribution is -0.284. The molecule has 236 valence electrons. The van der Waals surface area contributed by atoms with Gasteiger partial charge in [0, 0.05) is 30.3 Å². The smallest absolute Gasteiger partial charge is 0.453 e. The lowest BCUT2D eigenvalue weighted by Gasteiger charge is -2.29. The number of benzene rings is 2. The van der Waals surface area contributed by atoms with Crippen LogP contribution >= 0.6 is 0 Å². The van der Waals surface area contributed by atoms with Crippen LogP contribution in [-0.2, 0) is 14.3 Å². The molecule has 0 radical (unpaired) electrons. The minimum Gasteiger partial charge on any atom is -0.493 e. The van der Waals surface area contributed by atoms with E-state index in [1.165, 1.54) is 24.3 Å². The van der Waals surface area contributed by atoms with Crippen LogP contribution in [0.5, 0.6) is 5.75 Å². The Kier molecular flexibility index (Phi) is 12.2. The van der Waals surface area contributed by atoms with Gasteiger partial charge in [-0.1, -0.05) is 31.4 Å². The van der Waals surface area contributed by atoms with Crippen molar-refractivity contribution in [2.75, 3.05) is 31.3 Å². The molecule has 2 aromatic carbocycles. The SMILES string of the molecule is Nc1cc(N)cc(C(=O)OCCCOC(=O)/C=C/c2ccc(OCC3CCC(CCCC(F)(F)C(F)(F)F)CC3)cc2)c1. The van der Waals surface area contributed by atoms with Gasteiger partial charge in [0.05, 0.1) is 25.4 Å². The van der Waals surface area contributed by atoms with Crippen molar-refractivity contribution in [2.24, 2.45) is 11.8 Å². The maximum Gasteiger partial charge on any atom is 0.453 e. The van der Waals surface area contributed by atoms with Gasteiger partial charge >= 0.3 is 24.0 Å². The Morgan fingerprint density at radius 3 is 2.07 bits per heavy atom. The van der Waals surface area contributed by atoms with Gasteiger partial charge in [-0.2, -0.15) is 22.0 Å². The van der Waals surface area contributed by atoms with E-state index >= 15 is 0 Å². The number of esters is 2. The van der Waals surface area contributed by atoms with Crippen LogP contribution in [0, 0.1) is 11.8 Å². The van der Waals surface area contributed by atoms with Crippen LogP contribution in [0.4, 0.5) is 33.3 Å². The molecule has 0 aliphatic heterocycles. The fourth-order valence-corrected chi connectivity index (χ4v) is 4.82. The highest BCUT2D eigenvalue weighted by Crippen LogP contribution is 2.40. The van der Waals surface area contributed by atoms with Gasteiger partial charge in [0.25, 0.3) is 0 Å². The molecule has 0 unspecified atom stereocenters. The van der Waals surface area contributed by atoms with Crippen LogP contribution in [0.1, 0.15) is 67.3 Å². The van der Waals surface area contributed by atoms with Crippen molar-refractivity contribution in [2.45, 2.75) is 63.5 Å². The van der Waals surface area contributed by atoms with Gasteiger partial charge in [-0.05, 0) is 73.1 Å². The van der Waals surface area contributed by atoms with E-state index in [9.17, 15) is 31.5 Å². The third-order valence-electron chi connectivity index (χ3n) is 7.24. The van der Waals surface area contributed by atoms with Crippen LogP contribution in [0.25, 0.3) is 6.08 Å². The molecule has 0 saturated heterocycles. The monoisotopic (exact) mass is 612 g/mol. The number of halogens is 5. The largest absolute Gasteiger partial charge is 0.493 e. The first kappa shape index (κ1) is 33.7. The van der Waals surface area contributed by atoms with E-state index < -0.39 is 30.5 Å². The molecule has 0 bridgehead atoms. The summed E-state index contributed by atoms with van der Waals surface area (Å²) < 4.78 is 79.2. The molecule has 1 fully saturated rings. The first-order chi connectivity index (χ1) is 20.3. The van der Waals surface area contributed by atoms with Crippen molar-refractivity contribution in [1.82, 2.24) is 0 Å². The highest BCUT2D eigenvalue weighted by Gasteiger charge is 2.56.